The molecule has 1 unspecified atom stereocenters. The van der Waals surface area contributed by atoms with Crippen LogP contribution in [0.2, 0.25) is 0 Å². The van der Waals surface area contributed by atoms with Gasteiger partial charge in [0.1, 0.15) is 0 Å². The number of carbonyl (C=O) groups excluding carboxylic acids is 2. The Kier molecular flexibility index (Phi) is 7.16. The maximum atomic E-state index is 12.5. The van der Waals surface area contributed by atoms with Crippen molar-refractivity contribution in [1.82, 2.24) is 19.6 Å². The number of likely N-dealkylation sites (tertiary alicyclic amines) is 1. The van der Waals surface area contributed by atoms with Gasteiger partial charge in [-0.05, 0) is 47.0 Å². The first-order chi connectivity index (χ1) is 10.7. The summed E-state index contributed by atoms with van der Waals surface area (Å²) in [6.07, 6.45) is 2.72. The molecule has 0 N–H and O–H groups in total. The zero-order chi connectivity index (χ0) is 17.7. The van der Waals surface area contributed by atoms with Crippen molar-refractivity contribution in [3.8, 4) is 0 Å². The lowest BCUT2D eigenvalue weighted by Crippen LogP contribution is -2.47. The second kappa shape index (κ2) is 8.41. The molecule has 1 fully saturated rings. The maximum Gasteiger partial charge on any atom is 0.319 e. The highest BCUT2D eigenvalue weighted by Gasteiger charge is 2.28. The van der Waals surface area contributed by atoms with Gasteiger partial charge in [0.2, 0.25) is 0 Å². The largest absolute Gasteiger partial charge is 0.325 e. The molecule has 0 aromatic heterocycles. The van der Waals surface area contributed by atoms with Gasteiger partial charge in [-0.1, -0.05) is 0 Å². The summed E-state index contributed by atoms with van der Waals surface area (Å²) in [5, 5.41) is 0. The molecule has 1 aliphatic heterocycles. The van der Waals surface area contributed by atoms with Gasteiger partial charge in [-0.15, -0.1) is 0 Å². The first kappa shape index (κ1) is 19.6. The molecule has 0 aromatic carbocycles. The van der Waals surface area contributed by atoms with Gasteiger partial charge in [0, 0.05) is 52.4 Å². The first-order valence-electron chi connectivity index (χ1n) is 8.68. The standard InChI is InChI=1S/C17H34N4O2/c1-13(2)18(5)16(22)20(7)15-9-8-11-21(12-10-15)17(23)19(6)14(3)4/h13-15H,8-12H2,1-7H3. The number of urea groups is 2. The zero-order valence-corrected chi connectivity index (χ0v) is 15.9. The van der Waals surface area contributed by atoms with E-state index < -0.39 is 0 Å². The third-order valence-electron chi connectivity index (χ3n) is 4.97. The van der Waals surface area contributed by atoms with Crippen molar-refractivity contribution in [3.05, 3.63) is 0 Å². The van der Waals surface area contributed by atoms with Crippen LogP contribution >= 0.6 is 0 Å². The first-order valence-corrected chi connectivity index (χ1v) is 8.68. The molecule has 0 spiro atoms. The van der Waals surface area contributed by atoms with Crippen molar-refractivity contribution >= 4 is 12.1 Å². The van der Waals surface area contributed by atoms with Crippen LogP contribution in [0.25, 0.3) is 0 Å². The predicted molar refractivity (Wildman–Crippen MR) is 93.6 cm³/mol. The summed E-state index contributed by atoms with van der Waals surface area (Å²) in [7, 11) is 5.57. The number of hydrogen-bond donors (Lipinski definition) is 0. The second-order valence-electron chi connectivity index (χ2n) is 7.16. The number of nitrogens with zero attached hydrogens (tertiary/aromatic N) is 4. The topological polar surface area (TPSA) is 47.1 Å². The van der Waals surface area contributed by atoms with Crippen molar-refractivity contribution in [1.29, 1.82) is 0 Å². The van der Waals surface area contributed by atoms with E-state index in [9.17, 15) is 9.59 Å². The van der Waals surface area contributed by atoms with Crippen molar-refractivity contribution in [2.75, 3.05) is 34.2 Å². The number of amides is 4. The fourth-order valence-corrected chi connectivity index (χ4v) is 2.73. The molecular weight excluding hydrogens is 292 g/mol. The summed E-state index contributed by atoms with van der Waals surface area (Å²) >= 11 is 0. The molecule has 23 heavy (non-hydrogen) atoms. The normalized spacial score (nSPS) is 18.8. The Morgan fingerprint density at radius 1 is 0.913 bits per heavy atom. The van der Waals surface area contributed by atoms with Gasteiger partial charge in [0.15, 0.2) is 0 Å². The third-order valence-corrected chi connectivity index (χ3v) is 4.97. The van der Waals surface area contributed by atoms with Crippen LogP contribution in [0.15, 0.2) is 0 Å². The van der Waals surface area contributed by atoms with E-state index in [-0.39, 0.29) is 30.2 Å². The molecule has 4 amide bonds. The van der Waals surface area contributed by atoms with Crippen molar-refractivity contribution < 1.29 is 9.59 Å². The molecule has 0 bridgehead atoms. The molecule has 6 heteroatoms. The van der Waals surface area contributed by atoms with E-state index in [0.717, 1.165) is 25.8 Å². The Hall–Kier alpha value is -1.46. The van der Waals surface area contributed by atoms with Gasteiger partial charge in [-0.2, -0.15) is 0 Å². The van der Waals surface area contributed by atoms with Crippen molar-refractivity contribution in [3.63, 3.8) is 0 Å². The highest BCUT2D eigenvalue weighted by molar-refractivity contribution is 5.75. The van der Waals surface area contributed by atoms with E-state index in [1.807, 2.05) is 58.6 Å². The molecule has 1 rings (SSSR count). The number of carbonyl (C=O) groups is 2. The zero-order valence-electron chi connectivity index (χ0n) is 15.9. The highest BCUT2D eigenvalue weighted by atomic mass is 16.2. The molecule has 1 atom stereocenters. The second-order valence-corrected chi connectivity index (χ2v) is 7.16. The van der Waals surface area contributed by atoms with Gasteiger partial charge < -0.3 is 19.6 Å². The molecular formula is C17H34N4O2. The van der Waals surface area contributed by atoms with Crippen LogP contribution in [0.1, 0.15) is 47.0 Å². The lowest BCUT2D eigenvalue weighted by Gasteiger charge is -2.33. The van der Waals surface area contributed by atoms with Crippen LogP contribution in [0.5, 0.6) is 0 Å². The maximum absolute atomic E-state index is 12.5. The van der Waals surface area contributed by atoms with Gasteiger partial charge in [0.25, 0.3) is 0 Å². The molecule has 134 valence electrons. The Balaban J connectivity index is 2.65. The molecule has 0 aromatic rings. The monoisotopic (exact) mass is 326 g/mol. The van der Waals surface area contributed by atoms with E-state index in [0.29, 0.717) is 6.54 Å². The van der Waals surface area contributed by atoms with E-state index in [4.69, 9.17) is 0 Å². The fourth-order valence-electron chi connectivity index (χ4n) is 2.73. The van der Waals surface area contributed by atoms with Crippen LogP contribution < -0.4 is 0 Å². The van der Waals surface area contributed by atoms with Gasteiger partial charge in [-0.3, -0.25) is 0 Å². The molecule has 0 radical (unpaired) electrons. The van der Waals surface area contributed by atoms with Crippen LogP contribution in [0.4, 0.5) is 9.59 Å². The smallest absolute Gasteiger partial charge is 0.319 e. The fraction of sp³-hybridized carbons (Fsp3) is 0.882. The Labute approximate surface area is 141 Å². The third kappa shape index (κ3) is 5.01. The van der Waals surface area contributed by atoms with E-state index in [2.05, 4.69) is 0 Å². The van der Waals surface area contributed by atoms with Crippen LogP contribution in [0, 0.1) is 0 Å². The summed E-state index contributed by atoms with van der Waals surface area (Å²) in [5.41, 5.74) is 0. The lowest BCUT2D eigenvalue weighted by molar-refractivity contribution is 0.139. The molecule has 0 aliphatic carbocycles. The van der Waals surface area contributed by atoms with Crippen molar-refractivity contribution in [2.24, 2.45) is 0 Å². The number of rotatable bonds is 3. The van der Waals surface area contributed by atoms with E-state index >= 15 is 0 Å². The van der Waals surface area contributed by atoms with Crippen LogP contribution in [-0.4, -0.2) is 84.0 Å². The van der Waals surface area contributed by atoms with E-state index in [1.165, 1.54) is 0 Å². The predicted octanol–water partition coefficient (Wildman–Crippen LogP) is 2.69. The Morgan fingerprint density at radius 2 is 1.48 bits per heavy atom. The van der Waals surface area contributed by atoms with Gasteiger partial charge in [0.05, 0.1) is 0 Å². The SMILES string of the molecule is CC(C)N(C)C(=O)N1CCCC(N(C)C(=O)N(C)C(C)C)CC1. The summed E-state index contributed by atoms with van der Waals surface area (Å²) < 4.78 is 0. The minimum atomic E-state index is 0.0593. The Bertz CT molecular complexity index is 411. The molecule has 1 saturated heterocycles. The molecule has 6 nitrogen and oxygen atoms in total. The lowest BCUT2D eigenvalue weighted by atomic mass is 10.1. The highest BCUT2D eigenvalue weighted by Crippen LogP contribution is 2.18. The molecule has 1 heterocycles. The Morgan fingerprint density at radius 3 is 2.00 bits per heavy atom. The summed E-state index contributed by atoms with van der Waals surface area (Å²) in [5.74, 6) is 0. The van der Waals surface area contributed by atoms with Crippen molar-refractivity contribution in [2.45, 2.75) is 65.1 Å². The summed E-state index contributed by atoms with van der Waals surface area (Å²) in [4.78, 5) is 32.2. The van der Waals surface area contributed by atoms with Crippen LogP contribution in [0.3, 0.4) is 0 Å². The minimum Gasteiger partial charge on any atom is -0.325 e. The quantitative estimate of drug-likeness (QED) is 0.800. The van der Waals surface area contributed by atoms with Gasteiger partial charge >= 0.3 is 12.1 Å². The molecule has 1 aliphatic rings. The average molecular weight is 326 g/mol. The average Bonchev–Trinajstić information content (AvgIpc) is 2.76. The molecule has 0 saturated carbocycles. The minimum absolute atomic E-state index is 0.0593. The van der Waals surface area contributed by atoms with Crippen LogP contribution in [-0.2, 0) is 0 Å². The van der Waals surface area contributed by atoms with E-state index in [1.54, 1.807) is 9.80 Å². The van der Waals surface area contributed by atoms with Gasteiger partial charge in [-0.25, -0.2) is 9.59 Å². The summed E-state index contributed by atoms with van der Waals surface area (Å²) in [6, 6.07) is 0.739. The number of hydrogen-bond acceptors (Lipinski definition) is 2. The summed E-state index contributed by atoms with van der Waals surface area (Å²) in [6.45, 7) is 9.55.